The number of carboxylic acid groups (broad SMARTS) is 1. The number of ether oxygens (including phenoxy) is 1. The normalized spacial score (nSPS) is 15.3. The maximum atomic E-state index is 12.6. The molecule has 1 saturated heterocycles. The van der Waals surface area contributed by atoms with E-state index in [9.17, 15) is 9.59 Å². The van der Waals surface area contributed by atoms with Crippen LogP contribution in [0.15, 0.2) is 59.5 Å². The molecule has 0 aliphatic carbocycles. The monoisotopic (exact) mass is 400 g/mol. The highest BCUT2D eigenvalue weighted by Gasteiger charge is 2.32. The van der Waals surface area contributed by atoms with Crippen LogP contribution in [-0.2, 0) is 9.59 Å². The van der Waals surface area contributed by atoms with E-state index in [2.05, 4.69) is 5.43 Å². The predicted octanol–water partition coefficient (Wildman–Crippen LogP) is 3.77. The van der Waals surface area contributed by atoms with Gasteiger partial charge in [-0.2, -0.15) is 0 Å². The number of thioether (sulfide) groups is 1. The van der Waals surface area contributed by atoms with Gasteiger partial charge in [-0.1, -0.05) is 42.1 Å². The van der Waals surface area contributed by atoms with Crippen LogP contribution >= 0.6 is 24.0 Å². The molecule has 0 spiro atoms. The third-order valence-electron chi connectivity index (χ3n) is 3.57. The van der Waals surface area contributed by atoms with Crippen LogP contribution < -0.4 is 10.2 Å². The fourth-order valence-corrected chi connectivity index (χ4v) is 3.45. The molecule has 1 heterocycles. The predicted molar refractivity (Wildman–Crippen MR) is 109 cm³/mol. The Labute approximate surface area is 165 Å². The zero-order valence-electron chi connectivity index (χ0n) is 14.1. The van der Waals surface area contributed by atoms with E-state index >= 15 is 0 Å². The lowest BCUT2D eigenvalue weighted by Crippen LogP contribution is -2.33. The molecule has 0 aromatic heterocycles. The Hall–Kier alpha value is -2.84. The molecular formula is C19H16N2O4S2. The lowest BCUT2D eigenvalue weighted by Gasteiger charge is -2.16. The number of carbonyl (C=O) groups is 2. The number of rotatable bonds is 7. The number of anilines is 1. The van der Waals surface area contributed by atoms with Gasteiger partial charge in [-0.3, -0.25) is 15.0 Å². The van der Waals surface area contributed by atoms with Gasteiger partial charge in [0.2, 0.25) is 0 Å². The number of para-hydroxylation sites is 1. The first-order valence-electron chi connectivity index (χ1n) is 8.07. The van der Waals surface area contributed by atoms with Crippen molar-refractivity contribution in [2.75, 3.05) is 12.0 Å². The zero-order chi connectivity index (χ0) is 19.2. The summed E-state index contributed by atoms with van der Waals surface area (Å²) in [6.07, 6.45) is 1.70. The molecule has 1 fully saturated rings. The van der Waals surface area contributed by atoms with Gasteiger partial charge in [-0.15, -0.1) is 0 Å². The fourth-order valence-electron chi connectivity index (χ4n) is 2.27. The fraction of sp³-hybridized carbons (Fsp3) is 0.105. The zero-order valence-corrected chi connectivity index (χ0v) is 15.8. The summed E-state index contributed by atoms with van der Waals surface area (Å²) in [5, 5.41) is 9.97. The Morgan fingerprint density at radius 1 is 1.19 bits per heavy atom. The minimum atomic E-state index is -0.905. The van der Waals surface area contributed by atoms with Gasteiger partial charge in [-0.05, 0) is 48.1 Å². The van der Waals surface area contributed by atoms with E-state index < -0.39 is 5.97 Å². The quantitative estimate of drug-likeness (QED) is 0.541. The van der Waals surface area contributed by atoms with E-state index in [1.807, 2.05) is 30.3 Å². The first-order chi connectivity index (χ1) is 13.0. The number of amides is 1. The smallest absolute Gasteiger partial charge is 0.306 e. The third kappa shape index (κ3) is 5.08. The van der Waals surface area contributed by atoms with Crippen LogP contribution in [0.3, 0.4) is 0 Å². The van der Waals surface area contributed by atoms with E-state index in [-0.39, 0.29) is 18.9 Å². The minimum absolute atomic E-state index is 0.0569. The number of nitrogens with zero attached hydrogens (tertiary/aromatic N) is 1. The molecule has 0 radical (unpaired) electrons. The number of carbonyl (C=O) groups excluding carboxylic acids is 1. The van der Waals surface area contributed by atoms with Gasteiger partial charge in [0, 0.05) is 0 Å². The number of carboxylic acids is 1. The molecule has 0 bridgehead atoms. The molecule has 27 heavy (non-hydrogen) atoms. The topological polar surface area (TPSA) is 78.9 Å². The lowest BCUT2D eigenvalue weighted by molar-refractivity contribution is -0.137. The summed E-state index contributed by atoms with van der Waals surface area (Å²) in [4.78, 5) is 23.6. The molecule has 1 aliphatic rings. The second-order valence-corrected chi connectivity index (χ2v) is 7.23. The van der Waals surface area contributed by atoms with Crippen LogP contribution in [0.2, 0.25) is 0 Å². The van der Waals surface area contributed by atoms with Gasteiger partial charge in [0.05, 0.1) is 23.6 Å². The molecule has 0 unspecified atom stereocenters. The Bertz CT molecular complexity index is 882. The van der Waals surface area contributed by atoms with Crippen molar-refractivity contribution in [1.82, 2.24) is 5.01 Å². The highest BCUT2D eigenvalue weighted by Crippen LogP contribution is 2.33. The van der Waals surface area contributed by atoms with Crippen LogP contribution in [0.5, 0.6) is 5.75 Å². The van der Waals surface area contributed by atoms with Crippen molar-refractivity contribution in [2.24, 2.45) is 0 Å². The molecule has 2 aromatic carbocycles. The van der Waals surface area contributed by atoms with Crippen LogP contribution in [0, 0.1) is 0 Å². The van der Waals surface area contributed by atoms with Crippen molar-refractivity contribution >= 4 is 51.9 Å². The van der Waals surface area contributed by atoms with E-state index in [1.54, 1.807) is 30.3 Å². The molecular weight excluding hydrogens is 384 g/mol. The molecule has 8 heteroatoms. The summed E-state index contributed by atoms with van der Waals surface area (Å²) in [7, 11) is 0. The van der Waals surface area contributed by atoms with Gasteiger partial charge < -0.3 is 9.84 Å². The number of hydrogen-bond donors (Lipinski definition) is 2. The summed E-state index contributed by atoms with van der Waals surface area (Å²) in [5.41, 5.74) is 4.61. The summed E-state index contributed by atoms with van der Waals surface area (Å²) >= 11 is 6.52. The molecule has 0 atom stereocenters. The third-order valence-corrected chi connectivity index (χ3v) is 4.87. The number of nitrogens with one attached hydrogen (secondary N) is 1. The van der Waals surface area contributed by atoms with Crippen molar-refractivity contribution in [1.29, 1.82) is 0 Å². The minimum Gasteiger partial charge on any atom is -0.493 e. The Balaban J connectivity index is 1.65. The van der Waals surface area contributed by atoms with Crippen LogP contribution in [0.4, 0.5) is 5.69 Å². The first-order valence-corrected chi connectivity index (χ1v) is 9.30. The largest absolute Gasteiger partial charge is 0.493 e. The van der Waals surface area contributed by atoms with Gasteiger partial charge in [0.1, 0.15) is 5.75 Å². The van der Waals surface area contributed by atoms with Gasteiger partial charge in [0.25, 0.3) is 5.91 Å². The molecule has 1 amide bonds. The second kappa shape index (κ2) is 8.70. The average molecular weight is 400 g/mol. The maximum Gasteiger partial charge on any atom is 0.306 e. The Morgan fingerprint density at radius 3 is 2.56 bits per heavy atom. The molecule has 6 nitrogen and oxygen atoms in total. The summed E-state index contributed by atoms with van der Waals surface area (Å²) in [6.45, 7) is 0.110. The van der Waals surface area contributed by atoms with Crippen LogP contribution in [-0.4, -0.2) is 32.9 Å². The average Bonchev–Trinajstić information content (AvgIpc) is 2.91. The summed E-state index contributed by atoms with van der Waals surface area (Å²) in [5.74, 6) is -0.542. The first kappa shape index (κ1) is 18.9. The Kier molecular flexibility index (Phi) is 6.10. The SMILES string of the molecule is O=C(O)CCOc1ccc(/C=C2/SC(=S)N(Nc3ccccc3)C2=O)cc1. The van der Waals surface area contributed by atoms with Crippen molar-refractivity contribution < 1.29 is 19.4 Å². The molecule has 2 aromatic rings. The van der Waals surface area contributed by atoms with Gasteiger partial charge in [0.15, 0.2) is 4.32 Å². The van der Waals surface area contributed by atoms with Crippen molar-refractivity contribution in [3.63, 3.8) is 0 Å². The van der Waals surface area contributed by atoms with Gasteiger partial charge >= 0.3 is 5.97 Å². The number of hydrogen-bond acceptors (Lipinski definition) is 6. The van der Waals surface area contributed by atoms with E-state index in [1.165, 1.54) is 16.8 Å². The number of hydrazine groups is 1. The molecule has 3 rings (SSSR count). The maximum absolute atomic E-state index is 12.6. The van der Waals surface area contributed by atoms with Crippen LogP contribution in [0.25, 0.3) is 6.08 Å². The lowest BCUT2D eigenvalue weighted by atomic mass is 10.2. The molecule has 2 N–H and O–H groups in total. The molecule has 0 saturated carbocycles. The van der Waals surface area contributed by atoms with Crippen LogP contribution in [0.1, 0.15) is 12.0 Å². The van der Waals surface area contributed by atoms with E-state index in [0.29, 0.717) is 15.0 Å². The summed E-state index contributed by atoms with van der Waals surface area (Å²) in [6, 6.07) is 16.4. The van der Waals surface area contributed by atoms with Gasteiger partial charge in [-0.25, -0.2) is 5.01 Å². The van der Waals surface area contributed by atoms with Crippen molar-refractivity contribution in [2.45, 2.75) is 6.42 Å². The molecule has 138 valence electrons. The highest BCUT2D eigenvalue weighted by molar-refractivity contribution is 8.26. The number of thiocarbonyl (C=S) groups is 1. The van der Waals surface area contributed by atoms with E-state index in [4.69, 9.17) is 22.1 Å². The van der Waals surface area contributed by atoms with E-state index in [0.717, 1.165) is 11.3 Å². The number of benzene rings is 2. The highest BCUT2D eigenvalue weighted by atomic mass is 32.2. The summed E-state index contributed by atoms with van der Waals surface area (Å²) < 4.78 is 5.78. The van der Waals surface area contributed by atoms with Crippen molar-refractivity contribution in [3.8, 4) is 5.75 Å². The standard InChI is InChI=1S/C19H16N2O4S2/c22-17(23)10-11-25-15-8-6-13(7-9-15)12-16-18(24)21(19(26)27-16)20-14-4-2-1-3-5-14/h1-9,12,20H,10-11H2,(H,22,23)/b16-12+. The second-order valence-electron chi connectivity index (χ2n) is 5.56. The number of aliphatic carboxylic acids is 1. The Morgan fingerprint density at radius 2 is 1.89 bits per heavy atom. The molecule has 1 aliphatic heterocycles. The van der Waals surface area contributed by atoms with Crippen molar-refractivity contribution in [3.05, 3.63) is 65.1 Å².